The van der Waals surface area contributed by atoms with Crippen molar-refractivity contribution in [1.29, 1.82) is 0 Å². The van der Waals surface area contributed by atoms with Gasteiger partial charge in [0.1, 0.15) is 6.54 Å². The zero-order chi connectivity index (χ0) is 19.8. The van der Waals surface area contributed by atoms with Crippen molar-refractivity contribution in [1.82, 2.24) is 19.4 Å². The third-order valence-corrected chi connectivity index (χ3v) is 6.41. The summed E-state index contributed by atoms with van der Waals surface area (Å²) in [5, 5.41) is 1.01. The highest BCUT2D eigenvalue weighted by Gasteiger charge is 2.24. The Morgan fingerprint density at radius 1 is 1.14 bits per heavy atom. The highest BCUT2D eigenvalue weighted by atomic mass is 32.1. The molecule has 0 saturated carbocycles. The number of aryl methyl sites for hydroxylation is 2. The number of nitrogens with zero attached hydrogens (tertiary/aromatic N) is 5. The van der Waals surface area contributed by atoms with E-state index in [-0.39, 0.29) is 18.0 Å². The zero-order valence-corrected chi connectivity index (χ0v) is 17.1. The van der Waals surface area contributed by atoms with Crippen LogP contribution in [0.2, 0.25) is 0 Å². The predicted molar refractivity (Wildman–Crippen MR) is 111 cm³/mol. The number of hydrogen-bond acceptors (Lipinski definition) is 6. The standard InChI is InChI=1S/C20H23N5O2S/c1-13-5-4-6-16-18(13)22-20(28-16)24-9-7-23(8-10-24)17(26)11-25-12-21-15(3)14(2)19(25)27/h4-6,12H,7-11H2,1-3H3. The molecule has 0 atom stereocenters. The smallest absolute Gasteiger partial charge is 0.256 e. The topological polar surface area (TPSA) is 71.3 Å². The summed E-state index contributed by atoms with van der Waals surface area (Å²) in [5.41, 5.74) is 3.38. The third-order valence-electron chi connectivity index (χ3n) is 5.33. The molecule has 1 aliphatic rings. The number of rotatable bonds is 3. The molecule has 7 nitrogen and oxygen atoms in total. The summed E-state index contributed by atoms with van der Waals surface area (Å²) in [6.45, 7) is 8.38. The highest BCUT2D eigenvalue weighted by molar-refractivity contribution is 7.22. The average molecular weight is 398 g/mol. The molecule has 0 unspecified atom stereocenters. The fourth-order valence-corrected chi connectivity index (χ4v) is 4.49. The van der Waals surface area contributed by atoms with Gasteiger partial charge in [0.2, 0.25) is 5.91 Å². The van der Waals surface area contributed by atoms with Crippen LogP contribution in [-0.4, -0.2) is 51.5 Å². The Labute approximate surface area is 167 Å². The van der Waals surface area contributed by atoms with Crippen LogP contribution in [0.25, 0.3) is 10.2 Å². The number of fused-ring (bicyclic) bond motifs is 1. The van der Waals surface area contributed by atoms with Gasteiger partial charge in [0.25, 0.3) is 5.56 Å². The van der Waals surface area contributed by atoms with Crippen LogP contribution in [0.15, 0.2) is 29.3 Å². The number of anilines is 1. The normalized spacial score (nSPS) is 14.7. The average Bonchev–Trinajstić information content (AvgIpc) is 3.14. The first-order valence-electron chi connectivity index (χ1n) is 9.35. The van der Waals surface area contributed by atoms with Crippen molar-refractivity contribution in [2.45, 2.75) is 27.3 Å². The van der Waals surface area contributed by atoms with Crippen molar-refractivity contribution in [3.63, 3.8) is 0 Å². The van der Waals surface area contributed by atoms with E-state index in [0.29, 0.717) is 24.3 Å². The monoisotopic (exact) mass is 397 g/mol. The van der Waals surface area contributed by atoms with Gasteiger partial charge in [0.05, 0.1) is 16.5 Å². The molecule has 1 amide bonds. The number of piperazine rings is 1. The van der Waals surface area contributed by atoms with Crippen molar-refractivity contribution in [3.8, 4) is 0 Å². The van der Waals surface area contributed by atoms with Crippen LogP contribution in [0.5, 0.6) is 0 Å². The van der Waals surface area contributed by atoms with E-state index in [1.807, 2.05) is 4.90 Å². The lowest BCUT2D eigenvalue weighted by Crippen LogP contribution is -2.50. The van der Waals surface area contributed by atoms with Crippen LogP contribution < -0.4 is 10.5 Å². The molecular weight excluding hydrogens is 374 g/mol. The predicted octanol–water partition coefficient (Wildman–Crippen LogP) is 2.13. The third kappa shape index (κ3) is 3.40. The molecule has 0 N–H and O–H groups in total. The fraction of sp³-hybridized carbons (Fsp3) is 0.400. The number of amides is 1. The molecular formula is C20H23N5O2S. The van der Waals surface area contributed by atoms with Crippen LogP contribution in [0.1, 0.15) is 16.8 Å². The molecule has 0 bridgehead atoms. The lowest BCUT2D eigenvalue weighted by molar-refractivity contribution is -0.132. The molecule has 1 fully saturated rings. The Morgan fingerprint density at radius 3 is 2.61 bits per heavy atom. The number of carbonyl (C=O) groups is 1. The molecule has 1 saturated heterocycles. The summed E-state index contributed by atoms with van der Waals surface area (Å²) in [5.74, 6) is -0.0491. The summed E-state index contributed by atoms with van der Waals surface area (Å²) in [6, 6.07) is 6.23. The van der Waals surface area contributed by atoms with Gasteiger partial charge in [-0.25, -0.2) is 9.97 Å². The van der Waals surface area contributed by atoms with Crippen LogP contribution in [0, 0.1) is 20.8 Å². The van der Waals surface area contributed by atoms with E-state index < -0.39 is 0 Å². The Balaban J connectivity index is 1.42. The second-order valence-electron chi connectivity index (χ2n) is 7.17. The van der Waals surface area contributed by atoms with Crippen LogP contribution in [0.4, 0.5) is 5.13 Å². The van der Waals surface area contributed by atoms with Gasteiger partial charge in [-0.05, 0) is 32.4 Å². The van der Waals surface area contributed by atoms with E-state index in [0.717, 1.165) is 23.7 Å². The quantitative estimate of drug-likeness (QED) is 0.677. The number of hydrogen-bond donors (Lipinski definition) is 0. The summed E-state index contributed by atoms with van der Waals surface area (Å²) in [4.78, 5) is 38.0. The molecule has 3 aromatic rings. The van der Waals surface area contributed by atoms with E-state index in [1.165, 1.54) is 21.2 Å². The van der Waals surface area contributed by atoms with Crippen molar-refractivity contribution in [2.24, 2.45) is 0 Å². The van der Waals surface area contributed by atoms with Gasteiger partial charge in [-0.1, -0.05) is 23.5 Å². The van der Waals surface area contributed by atoms with Crippen molar-refractivity contribution in [3.05, 3.63) is 51.7 Å². The number of para-hydroxylation sites is 1. The lowest BCUT2D eigenvalue weighted by Gasteiger charge is -2.34. The first kappa shape index (κ1) is 18.6. The molecule has 8 heteroatoms. The molecule has 4 rings (SSSR count). The lowest BCUT2D eigenvalue weighted by atomic mass is 10.2. The van der Waals surface area contributed by atoms with E-state index >= 15 is 0 Å². The first-order chi connectivity index (χ1) is 13.4. The molecule has 0 spiro atoms. The van der Waals surface area contributed by atoms with Gasteiger partial charge in [-0.3, -0.25) is 14.2 Å². The molecule has 0 aliphatic carbocycles. The Morgan fingerprint density at radius 2 is 1.89 bits per heavy atom. The van der Waals surface area contributed by atoms with E-state index in [1.54, 1.807) is 25.2 Å². The van der Waals surface area contributed by atoms with Crippen molar-refractivity contribution in [2.75, 3.05) is 31.1 Å². The molecule has 3 heterocycles. The van der Waals surface area contributed by atoms with Gasteiger partial charge in [0.15, 0.2) is 5.13 Å². The van der Waals surface area contributed by atoms with Gasteiger partial charge >= 0.3 is 0 Å². The molecule has 0 radical (unpaired) electrons. The molecule has 1 aliphatic heterocycles. The van der Waals surface area contributed by atoms with Gasteiger partial charge in [0, 0.05) is 37.4 Å². The summed E-state index contributed by atoms with van der Waals surface area (Å²) in [7, 11) is 0. The first-order valence-corrected chi connectivity index (χ1v) is 10.2. The molecule has 28 heavy (non-hydrogen) atoms. The molecule has 1 aromatic carbocycles. The van der Waals surface area contributed by atoms with Crippen molar-refractivity contribution < 1.29 is 4.79 Å². The van der Waals surface area contributed by atoms with E-state index in [4.69, 9.17) is 4.98 Å². The molecule has 146 valence electrons. The second-order valence-corrected chi connectivity index (χ2v) is 8.18. The minimum Gasteiger partial charge on any atom is -0.345 e. The fourth-order valence-electron chi connectivity index (χ4n) is 3.39. The number of benzene rings is 1. The zero-order valence-electron chi connectivity index (χ0n) is 16.3. The number of aromatic nitrogens is 3. The van der Waals surface area contributed by atoms with Crippen LogP contribution in [0.3, 0.4) is 0 Å². The largest absolute Gasteiger partial charge is 0.345 e. The number of thiazole rings is 1. The maximum Gasteiger partial charge on any atom is 0.256 e. The molecule has 2 aromatic heterocycles. The maximum atomic E-state index is 12.7. The van der Waals surface area contributed by atoms with Crippen LogP contribution in [-0.2, 0) is 11.3 Å². The summed E-state index contributed by atoms with van der Waals surface area (Å²) in [6.07, 6.45) is 1.46. The number of carbonyl (C=O) groups excluding carboxylic acids is 1. The second kappa shape index (κ2) is 7.35. The highest BCUT2D eigenvalue weighted by Crippen LogP contribution is 2.30. The Hall–Kier alpha value is -2.74. The minimum atomic E-state index is -0.149. The summed E-state index contributed by atoms with van der Waals surface area (Å²) < 4.78 is 2.59. The summed E-state index contributed by atoms with van der Waals surface area (Å²) >= 11 is 1.69. The van der Waals surface area contributed by atoms with Crippen LogP contribution >= 0.6 is 11.3 Å². The minimum absolute atomic E-state index is 0.0350. The van der Waals surface area contributed by atoms with Gasteiger partial charge in [-0.15, -0.1) is 0 Å². The van der Waals surface area contributed by atoms with Gasteiger partial charge in [-0.2, -0.15) is 0 Å². The Bertz CT molecular complexity index is 1100. The Kier molecular flexibility index (Phi) is 4.89. The van der Waals surface area contributed by atoms with E-state index in [2.05, 4.69) is 35.0 Å². The van der Waals surface area contributed by atoms with E-state index in [9.17, 15) is 9.59 Å². The van der Waals surface area contributed by atoms with Gasteiger partial charge < -0.3 is 9.80 Å². The van der Waals surface area contributed by atoms with Crippen molar-refractivity contribution >= 4 is 32.6 Å². The SMILES string of the molecule is Cc1ncn(CC(=O)N2CCN(c3nc4c(C)cccc4s3)CC2)c(=O)c1C. The maximum absolute atomic E-state index is 12.7.